The quantitative estimate of drug-likeness (QED) is 0.0948. The first-order chi connectivity index (χ1) is 34.0. The molecule has 0 bridgehead atoms. The van der Waals surface area contributed by atoms with Crippen LogP contribution in [-0.4, -0.2) is 22.8 Å². The molecule has 0 fully saturated rings. The lowest BCUT2D eigenvalue weighted by Crippen LogP contribution is -2.31. The highest BCUT2D eigenvalue weighted by atomic mass is 35.5. The summed E-state index contributed by atoms with van der Waals surface area (Å²) >= 11 is 14.9. The van der Waals surface area contributed by atoms with Crippen LogP contribution in [0.15, 0.2) is 86.9 Å². The summed E-state index contributed by atoms with van der Waals surface area (Å²) in [7, 11) is 5.69. The molecule has 5 aromatic heterocycles. The summed E-state index contributed by atoms with van der Waals surface area (Å²) in [6.45, 7) is 6.45. The minimum absolute atomic E-state index is 0.127. The average Bonchev–Trinajstić information content (AvgIpc) is 3.73. The second kappa shape index (κ2) is 11.1. The third-order valence-corrected chi connectivity index (χ3v) is 17.5. The van der Waals surface area contributed by atoms with Gasteiger partial charge in [-0.1, -0.05) is 35.4 Å². The average molecular weight is 967 g/mol. The first kappa shape index (κ1) is 38.3. The molecule has 5 heterocycles. The molecule has 0 aliphatic heterocycles. The van der Waals surface area contributed by atoms with Gasteiger partial charge in [0.25, 0.3) is 44.5 Å². The van der Waals surface area contributed by atoms with Crippen molar-refractivity contribution in [1.29, 1.82) is 0 Å². The molecule has 0 aliphatic carbocycles. The van der Waals surface area contributed by atoms with E-state index in [0.29, 0.717) is 136 Å². The van der Waals surface area contributed by atoms with Gasteiger partial charge in [0.05, 0.1) is 43.4 Å². The predicted octanol–water partition coefficient (Wildman–Crippen LogP) is 8.44. The Bertz CT molecular complexity index is 6090. The molecule has 12 aromatic carbocycles. The van der Waals surface area contributed by atoms with Crippen molar-refractivity contribution in [2.75, 3.05) is 0 Å². The molecular formula is C56H25Cl2N5O8. The Morgan fingerprint density at radius 3 is 1.01 bits per heavy atom. The standard InChI is InChI=1S/C56H25Cl2N5O8/c1-14(2)13-63-25-11-21-28-18(50(65)60(4)53(21)68)8-16-30-40(28)37(25)38-26(63)12-22-34-42(38)44(30)46-31(48(34)56(71)62(6)54(22)69)15-7-17-27-19(51(66)59(3)49(17)64)9-23(57)35-36-24(58)10-20-33-41(36)43(29(15)39(27)35)45(46)32(16)47(33)55(70)61(5)52(20)67/h7-12H,1,13H2,2-6H3. The Kier molecular flexibility index (Phi) is 5.98. The summed E-state index contributed by atoms with van der Waals surface area (Å²) in [5.41, 5.74) is -2.49. The van der Waals surface area contributed by atoms with Gasteiger partial charge in [-0.15, -0.1) is 0 Å². The molecule has 0 spiro atoms. The van der Waals surface area contributed by atoms with Crippen molar-refractivity contribution >= 4 is 196 Å². The van der Waals surface area contributed by atoms with Crippen LogP contribution in [0.5, 0.6) is 0 Å². The van der Waals surface area contributed by atoms with Crippen LogP contribution in [0.4, 0.5) is 0 Å². The van der Waals surface area contributed by atoms with Gasteiger partial charge >= 0.3 is 0 Å². The fourth-order valence-electron chi connectivity index (χ4n) is 14.2. The van der Waals surface area contributed by atoms with Crippen LogP contribution in [0.25, 0.3) is 173 Å². The van der Waals surface area contributed by atoms with Crippen molar-refractivity contribution in [1.82, 2.24) is 22.8 Å². The molecule has 17 rings (SSSR count). The number of hydrogen-bond donors (Lipinski definition) is 0. The van der Waals surface area contributed by atoms with Crippen molar-refractivity contribution in [2.45, 2.75) is 13.5 Å². The van der Waals surface area contributed by atoms with Gasteiger partial charge in [-0.3, -0.25) is 56.6 Å². The minimum Gasteiger partial charge on any atom is -0.336 e. The smallest absolute Gasteiger partial charge is 0.261 e. The van der Waals surface area contributed by atoms with Gasteiger partial charge in [0.1, 0.15) is 0 Å². The van der Waals surface area contributed by atoms with E-state index in [4.69, 9.17) is 23.2 Å². The Hall–Kier alpha value is -8.52. The molecule has 71 heavy (non-hydrogen) atoms. The van der Waals surface area contributed by atoms with Crippen LogP contribution >= 0.6 is 23.2 Å². The lowest BCUT2D eigenvalue weighted by atomic mass is 9.73. The summed E-state index contributed by atoms with van der Waals surface area (Å²) in [5, 5.41) is 12.6. The summed E-state index contributed by atoms with van der Waals surface area (Å²) in [6, 6.07) is 10.1. The summed E-state index contributed by atoms with van der Waals surface area (Å²) < 4.78 is 6.31. The number of rotatable bonds is 2. The number of nitrogens with zero attached hydrogens (tertiary/aromatic N) is 5. The Balaban J connectivity index is 1.41. The fourth-order valence-corrected chi connectivity index (χ4v) is 14.8. The van der Waals surface area contributed by atoms with Crippen molar-refractivity contribution in [3.63, 3.8) is 0 Å². The summed E-state index contributed by atoms with van der Waals surface area (Å²) in [5.74, 6) is 0. The van der Waals surface area contributed by atoms with Gasteiger partial charge in [-0.25, -0.2) is 0 Å². The van der Waals surface area contributed by atoms with E-state index in [-0.39, 0.29) is 53.1 Å². The number of aromatic nitrogens is 5. The van der Waals surface area contributed by atoms with E-state index in [9.17, 15) is 28.8 Å². The minimum atomic E-state index is -0.624. The largest absolute Gasteiger partial charge is 0.336 e. The van der Waals surface area contributed by atoms with E-state index in [1.807, 2.05) is 11.5 Å². The van der Waals surface area contributed by atoms with Crippen LogP contribution in [0, 0.1) is 0 Å². The highest BCUT2D eigenvalue weighted by molar-refractivity contribution is 6.64. The molecule has 0 saturated carbocycles. The molecule has 0 N–H and O–H groups in total. The first-order valence-corrected chi connectivity index (χ1v) is 23.5. The molecular weight excluding hydrogens is 942 g/mol. The van der Waals surface area contributed by atoms with E-state index in [0.717, 1.165) is 23.8 Å². The molecule has 0 radical (unpaired) electrons. The van der Waals surface area contributed by atoms with Crippen LogP contribution in [0.3, 0.4) is 0 Å². The number of pyridine rings is 4. The molecule has 0 aliphatic rings. The van der Waals surface area contributed by atoms with E-state index in [1.54, 1.807) is 24.3 Å². The first-order valence-electron chi connectivity index (χ1n) is 22.8. The molecule has 13 nitrogen and oxygen atoms in total. The van der Waals surface area contributed by atoms with Gasteiger partial charge in [-0.05, 0) is 64.9 Å². The van der Waals surface area contributed by atoms with E-state index in [1.165, 1.54) is 40.3 Å². The number of halogens is 2. The molecule has 0 atom stereocenters. The van der Waals surface area contributed by atoms with Gasteiger partial charge in [-0.2, -0.15) is 0 Å². The van der Waals surface area contributed by atoms with Gasteiger partial charge in [0, 0.05) is 153 Å². The Morgan fingerprint density at radius 1 is 0.338 bits per heavy atom. The summed E-state index contributed by atoms with van der Waals surface area (Å²) in [4.78, 5) is 119. The van der Waals surface area contributed by atoms with Crippen molar-refractivity contribution in [2.24, 2.45) is 28.2 Å². The van der Waals surface area contributed by atoms with Crippen molar-refractivity contribution < 1.29 is 0 Å². The molecule has 17 aromatic rings. The van der Waals surface area contributed by atoms with E-state index >= 15 is 9.59 Å². The predicted molar refractivity (Wildman–Crippen MR) is 287 cm³/mol. The third-order valence-electron chi connectivity index (χ3n) is 16.9. The normalized spacial score (nSPS) is 13.6. The number of hydrogen-bond acceptors (Lipinski definition) is 8. The van der Waals surface area contributed by atoms with Crippen LogP contribution in [0.2, 0.25) is 10.0 Å². The second-order valence-electron chi connectivity index (χ2n) is 20.1. The summed E-state index contributed by atoms with van der Waals surface area (Å²) in [6.07, 6.45) is 0. The highest BCUT2D eigenvalue weighted by Crippen LogP contribution is 2.61. The molecule has 0 amide bonds. The second-order valence-corrected chi connectivity index (χ2v) is 20.9. The Labute approximate surface area is 399 Å². The monoisotopic (exact) mass is 965 g/mol. The zero-order chi connectivity index (χ0) is 48.7. The lowest BCUT2D eigenvalue weighted by Gasteiger charge is -2.29. The van der Waals surface area contributed by atoms with Crippen LogP contribution in [-0.2, 0) is 34.7 Å². The van der Waals surface area contributed by atoms with Gasteiger partial charge < -0.3 is 4.57 Å². The van der Waals surface area contributed by atoms with Crippen molar-refractivity contribution in [3.8, 4) is 0 Å². The zero-order valence-corrected chi connectivity index (χ0v) is 39.1. The number of fused-ring (bicyclic) bond motifs is 5. The maximum Gasteiger partial charge on any atom is 0.261 e. The Morgan fingerprint density at radius 2 is 0.606 bits per heavy atom. The zero-order valence-electron chi connectivity index (χ0n) is 37.6. The maximum absolute atomic E-state index is 15.5. The maximum atomic E-state index is 15.5. The molecule has 15 heteroatoms. The SMILES string of the molecule is C=C(C)Cn1c2cc3c(=O)n(C)c(=O)c4cc5c6c7c(=O)n(C)c(=O)c8cc(Cl)c9c%10c(Cl)cc%11c(=O)n(C)c(=O)c%12cc%13c%14c%15c(=O)n(C)c(=O)c%16cc1c1c(c%16%15)c(c5c(c43)c12)c%14c6c(c%13c%10c%11%12)c9c87. The third kappa shape index (κ3) is 3.55. The van der Waals surface area contributed by atoms with Gasteiger partial charge in [0.2, 0.25) is 0 Å². The molecule has 0 unspecified atom stereocenters. The lowest BCUT2D eigenvalue weighted by molar-refractivity contribution is 0.839. The van der Waals surface area contributed by atoms with Crippen molar-refractivity contribution in [3.05, 3.63) is 141 Å². The number of benzene rings is 12. The topological polar surface area (TPSA) is 161 Å². The number of allylic oxidation sites excluding steroid dienone is 1. The van der Waals surface area contributed by atoms with Gasteiger partial charge in [0.15, 0.2) is 0 Å². The van der Waals surface area contributed by atoms with Crippen LogP contribution < -0.4 is 44.5 Å². The highest BCUT2D eigenvalue weighted by Gasteiger charge is 2.37. The van der Waals surface area contributed by atoms with Crippen LogP contribution in [0.1, 0.15) is 6.92 Å². The van der Waals surface area contributed by atoms with E-state index < -0.39 is 44.5 Å². The molecule has 0 saturated heterocycles. The fraction of sp³-hybridized carbons (Fsp3) is 0.107. The van der Waals surface area contributed by atoms with E-state index in [2.05, 4.69) is 6.58 Å². The molecule has 336 valence electrons.